The Labute approximate surface area is 83.5 Å². The van der Waals surface area contributed by atoms with Gasteiger partial charge in [0.25, 0.3) is 0 Å². The van der Waals surface area contributed by atoms with Gasteiger partial charge >= 0.3 is 0 Å². The quantitative estimate of drug-likeness (QED) is 0.541. The van der Waals surface area contributed by atoms with E-state index in [0.29, 0.717) is 6.42 Å². The maximum absolute atomic E-state index is 10.2. The van der Waals surface area contributed by atoms with Crippen molar-refractivity contribution in [2.45, 2.75) is 24.7 Å². The number of benzene rings is 1. The lowest BCUT2D eigenvalue weighted by Crippen LogP contribution is -1.90. The largest absolute Gasteiger partial charge is 0.303 e. The van der Waals surface area contributed by atoms with Gasteiger partial charge in [-0.2, -0.15) is 0 Å². The van der Waals surface area contributed by atoms with Gasteiger partial charge in [-0.25, -0.2) is 0 Å². The molecular weight excluding hydrogens is 180 g/mol. The summed E-state index contributed by atoms with van der Waals surface area (Å²) in [5.74, 6) is 0. The first-order valence-corrected chi connectivity index (χ1v) is 5.57. The summed E-state index contributed by atoms with van der Waals surface area (Å²) in [5, 5.41) is 0. The second-order valence-electron chi connectivity index (χ2n) is 3.00. The van der Waals surface area contributed by atoms with E-state index in [4.69, 9.17) is 0 Å². The molecule has 0 atom stereocenters. The molecule has 0 bridgehead atoms. The van der Waals surface area contributed by atoms with Crippen LogP contribution < -0.4 is 0 Å². The van der Waals surface area contributed by atoms with Crippen molar-refractivity contribution in [3.8, 4) is 0 Å². The minimum absolute atomic E-state index is 0.624. The SMILES string of the molecule is CSc1ccc(CCC=O)c(C)c1. The van der Waals surface area contributed by atoms with Crippen LogP contribution in [0.25, 0.3) is 0 Å². The Kier molecular flexibility index (Phi) is 4.03. The first-order chi connectivity index (χ1) is 6.27. The van der Waals surface area contributed by atoms with Crippen LogP contribution in [0.2, 0.25) is 0 Å². The van der Waals surface area contributed by atoms with Crippen molar-refractivity contribution in [1.82, 2.24) is 0 Å². The molecular formula is C11H14OS. The second-order valence-corrected chi connectivity index (χ2v) is 3.88. The fourth-order valence-electron chi connectivity index (χ4n) is 1.29. The van der Waals surface area contributed by atoms with Gasteiger partial charge in [0, 0.05) is 11.3 Å². The summed E-state index contributed by atoms with van der Waals surface area (Å²) in [5.41, 5.74) is 2.57. The highest BCUT2D eigenvalue weighted by molar-refractivity contribution is 7.98. The van der Waals surface area contributed by atoms with E-state index in [0.717, 1.165) is 12.7 Å². The molecule has 0 aromatic heterocycles. The minimum Gasteiger partial charge on any atom is -0.303 e. The summed E-state index contributed by atoms with van der Waals surface area (Å²) < 4.78 is 0. The van der Waals surface area contributed by atoms with E-state index >= 15 is 0 Å². The van der Waals surface area contributed by atoms with Crippen molar-refractivity contribution in [3.05, 3.63) is 29.3 Å². The summed E-state index contributed by atoms with van der Waals surface area (Å²) in [6.07, 6.45) is 4.53. The van der Waals surface area contributed by atoms with Crippen LogP contribution in [-0.2, 0) is 11.2 Å². The number of thioether (sulfide) groups is 1. The highest BCUT2D eigenvalue weighted by atomic mass is 32.2. The third-order valence-electron chi connectivity index (χ3n) is 2.08. The molecule has 0 saturated carbocycles. The zero-order valence-corrected chi connectivity index (χ0v) is 8.86. The Balaban J connectivity index is 2.78. The van der Waals surface area contributed by atoms with Crippen LogP contribution in [0.3, 0.4) is 0 Å². The lowest BCUT2D eigenvalue weighted by atomic mass is 10.0. The van der Waals surface area contributed by atoms with Crippen molar-refractivity contribution >= 4 is 18.0 Å². The molecule has 0 aliphatic heterocycles. The molecule has 1 rings (SSSR count). The average Bonchev–Trinajstić information content (AvgIpc) is 2.16. The molecule has 1 aromatic carbocycles. The van der Waals surface area contributed by atoms with Crippen LogP contribution in [0.15, 0.2) is 23.1 Å². The van der Waals surface area contributed by atoms with Gasteiger partial charge in [-0.1, -0.05) is 6.07 Å². The smallest absolute Gasteiger partial charge is 0.120 e. The van der Waals surface area contributed by atoms with Gasteiger partial charge in [-0.15, -0.1) is 11.8 Å². The van der Waals surface area contributed by atoms with Crippen molar-refractivity contribution in [2.75, 3.05) is 6.26 Å². The average molecular weight is 194 g/mol. The molecule has 13 heavy (non-hydrogen) atoms. The van der Waals surface area contributed by atoms with E-state index in [-0.39, 0.29) is 0 Å². The highest BCUT2D eigenvalue weighted by Gasteiger charge is 1.98. The fraction of sp³-hybridized carbons (Fsp3) is 0.364. The van der Waals surface area contributed by atoms with Crippen LogP contribution in [0.5, 0.6) is 0 Å². The Hall–Kier alpha value is -0.760. The van der Waals surface area contributed by atoms with Crippen molar-refractivity contribution in [2.24, 2.45) is 0 Å². The first kappa shape index (κ1) is 10.3. The lowest BCUT2D eigenvalue weighted by Gasteiger charge is -2.05. The van der Waals surface area contributed by atoms with Crippen molar-refractivity contribution in [1.29, 1.82) is 0 Å². The summed E-state index contributed by atoms with van der Waals surface area (Å²) in [4.78, 5) is 11.5. The van der Waals surface area contributed by atoms with Crippen LogP contribution in [0.4, 0.5) is 0 Å². The standard InChI is InChI=1S/C11H14OS/c1-9-8-11(13-2)6-5-10(9)4-3-7-12/h5-8H,3-4H2,1-2H3. The van der Waals surface area contributed by atoms with Crippen LogP contribution in [0, 0.1) is 6.92 Å². The van der Waals surface area contributed by atoms with E-state index in [2.05, 4.69) is 31.4 Å². The molecule has 0 amide bonds. The molecule has 2 heteroatoms. The molecule has 0 N–H and O–H groups in total. The van der Waals surface area contributed by atoms with Gasteiger partial charge in [0.05, 0.1) is 0 Å². The number of rotatable bonds is 4. The summed E-state index contributed by atoms with van der Waals surface area (Å²) in [7, 11) is 0. The Bertz CT molecular complexity index is 294. The number of carbonyl (C=O) groups excluding carboxylic acids is 1. The van der Waals surface area contributed by atoms with Crippen LogP contribution in [0.1, 0.15) is 17.5 Å². The normalized spacial score (nSPS) is 10.0. The topological polar surface area (TPSA) is 17.1 Å². The van der Waals surface area contributed by atoms with Gasteiger partial charge in [0.15, 0.2) is 0 Å². The monoisotopic (exact) mass is 194 g/mol. The third-order valence-corrected chi connectivity index (χ3v) is 2.81. The number of carbonyl (C=O) groups is 1. The van der Waals surface area contributed by atoms with Crippen LogP contribution >= 0.6 is 11.8 Å². The highest BCUT2D eigenvalue weighted by Crippen LogP contribution is 2.19. The predicted octanol–water partition coefficient (Wildman–Crippen LogP) is 2.85. The molecule has 0 aliphatic rings. The molecule has 70 valence electrons. The molecule has 0 heterocycles. The Morgan fingerprint density at radius 1 is 1.46 bits per heavy atom. The van der Waals surface area contributed by atoms with Crippen molar-refractivity contribution < 1.29 is 4.79 Å². The number of aryl methyl sites for hydroxylation is 2. The van der Waals surface area contributed by atoms with Gasteiger partial charge < -0.3 is 4.79 Å². The van der Waals surface area contributed by atoms with E-state index in [1.807, 2.05) is 0 Å². The maximum Gasteiger partial charge on any atom is 0.120 e. The molecule has 0 radical (unpaired) electrons. The maximum atomic E-state index is 10.2. The fourth-order valence-corrected chi connectivity index (χ4v) is 1.79. The first-order valence-electron chi connectivity index (χ1n) is 4.35. The molecule has 0 saturated heterocycles. The number of hydrogen-bond acceptors (Lipinski definition) is 2. The molecule has 0 aliphatic carbocycles. The molecule has 0 spiro atoms. The lowest BCUT2D eigenvalue weighted by molar-refractivity contribution is -0.107. The summed E-state index contributed by atoms with van der Waals surface area (Å²) >= 11 is 1.75. The van der Waals surface area contributed by atoms with Gasteiger partial charge in [0.1, 0.15) is 6.29 Å². The molecule has 0 fully saturated rings. The Morgan fingerprint density at radius 2 is 2.23 bits per heavy atom. The Morgan fingerprint density at radius 3 is 2.77 bits per heavy atom. The number of aldehydes is 1. The van der Waals surface area contributed by atoms with Gasteiger partial charge in [-0.05, 0) is 42.9 Å². The minimum atomic E-state index is 0.624. The summed E-state index contributed by atoms with van der Waals surface area (Å²) in [6, 6.07) is 6.40. The zero-order valence-electron chi connectivity index (χ0n) is 8.04. The molecule has 1 aromatic rings. The second kappa shape index (κ2) is 5.07. The predicted molar refractivity (Wildman–Crippen MR) is 57.3 cm³/mol. The van der Waals surface area contributed by atoms with E-state index < -0.39 is 0 Å². The van der Waals surface area contributed by atoms with Crippen molar-refractivity contribution in [3.63, 3.8) is 0 Å². The van der Waals surface area contributed by atoms with Gasteiger partial charge in [0.2, 0.25) is 0 Å². The number of hydrogen-bond donors (Lipinski definition) is 0. The summed E-state index contributed by atoms with van der Waals surface area (Å²) in [6.45, 7) is 2.10. The molecule has 0 unspecified atom stereocenters. The molecule has 1 nitrogen and oxygen atoms in total. The van der Waals surface area contributed by atoms with Gasteiger partial charge in [-0.3, -0.25) is 0 Å². The van der Waals surface area contributed by atoms with E-state index in [9.17, 15) is 4.79 Å². The third kappa shape index (κ3) is 2.88. The van der Waals surface area contributed by atoms with E-state index in [1.54, 1.807) is 11.8 Å². The van der Waals surface area contributed by atoms with Crippen LogP contribution in [-0.4, -0.2) is 12.5 Å². The zero-order chi connectivity index (χ0) is 9.68. The van der Waals surface area contributed by atoms with E-state index in [1.165, 1.54) is 16.0 Å².